The lowest BCUT2D eigenvalue weighted by atomic mass is 10.0. The Hall–Kier alpha value is -3.10. The van der Waals surface area contributed by atoms with E-state index in [2.05, 4.69) is 32.7 Å². The summed E-state index contributed by atoms with van der Waals surface area (Å²) in [5.41, 5.74) is 3.84. The molecule has 0 bridgehead atoms. The van der Waals surface area contributed by atoms with E-state index in [1.165, 1.54) is 0 Å². The Kier molecular flexibility index (Phi) is 6.20. The van der Waals surface area contributed by atoms with E-state index in [1.54, 1.807) is 4.90 Å². The van der Waals surface area contributed by atoms with Crippen LogP contribution in [0.15, 0.2) is 42.6 Å². The maximum Gasteiger partial charge on any atom is 0.255 e. The van der Waals surface area contributed by atoms with Gasteiger partial charge in [-0.3, -0.25) is 29.6 Å². The quantitative estimate of drug-likeness (QED) is 0.654. The first-order chi connectivity index (χ1) is 16.1. The number of amides is 3. The molecule has 0 aliphatic carbocycles. The molecule has 3 aliphatic heterocycles. The molecule has 2 unspecified atom stereocenters. The number of hydrogen-bond acceptors (Lipinski definition) is 6. The molecular weight excluding hydrogens is 418 g/mol. The number of hydrogen-bond donors (Lipinski definition) is 2. The fraction of sp³-hybridized carbons (Fsp3) is 0.440. The van der Waals surface area contributed by atoms with Gasteiger partial charge in [-0.15, -0.1) is 0 Å². The van der Waals surface area contributed by atoms with Gasteiger partial charge in [0.05, 0.1) is 5.69 Å². The van der Waals surface area contributed by atoms with Gasteiger partial charge in [0.25, 0.3) is 5.91 Å². The third kappa shape index (κ3) is 4.82. The van der Waals surface area contributed by atoms with Crippen molar-refractivity contribution in [2.45, 2.75) is 57.4 Å². The van der Waals surface area contributed by atoms with Crippen molar-refractivity contribution in [3.63, 3.8) is 0 Å². The highest BCUT2D eigenvalue weighted by atomic mass is 16.2. The zero-order chi connectivity index (χ0) is 22.8. The van der Waals surface area contributed by atoms with Crippen LogP contribution in [-0.2, 0) is 29.2 Å². The van der Waals surface area contributed by atoms with Gasteiger partial charge in [-0.1, -0.05) is 18.2 Å². The molecule has 0 spiro atoms. The van der Waals surface area contributed by atoms with Crippen LogP contribution in [0.3, 0.4) is 0 Å². The van der Waals surface area contributed by atoms with E-state index in [1.807, 2.05) is 30.5 Å². The molecule has 2 atom stereocenters. The first-order valence-corrected chi connectivity index (χ1v) is 11.7. The molecule has 3 aliphatic rings. The van der Waals surface area contributed by atoms with Crippen LogP contribution in [0.5, 0.6) is 0 Å². The van der Waals surface area contributed by atoms with Crippen LogP contribution in [0.25, 0.3) is 0 Å². The molecule has 1 aromatic heterocycles. The Labute approximate surface area is 193 Å². The molecule has 4 heterocycles. The first kappa shape index (κ1) is 21.7. The Balaban J connectivity index is 1.18. The van der Waals surface area contributed by atoms with Gasteiger partial charge in [-0.05, 0) is 55.1 Å². The number of aromatic nitrogens is 1. The molecule has 3 amide bonds. The SMILES string of the molecule is O=C1CCC(N2Cc3cc(CNC4CCCN(Cc5ccccn5)C4)ccc3C2=O)C(=O)N1. The molecule has 8 nitrogen and oxygen atoms in total. The second kappa shape index (κ2) is 9.41. The highest BCUT2D eigenvalue weighted by molar-refractivity contribution is 6.05. The zero-order valence-corrected chi connectivity index (χ0v) is 18.6. The summed E-state index contributed by atoms with van der Waals surface area (Å²) in [5, 5.41) is 6.03. The molecule has 33 heavy (non-hydrogen) atoms. The summed E-state index contributed by atoms with van der Waals surface area (Å²) < 4.78 is 0. The summed E-state index contributed by atoms with van der Waals surface area (Å²) in [6.07, 6.45) is 4.80. The number of carbonyl (C=O) groups excluding carboxylic acids is 3. The Morgan fingerprint density at radius 2 is 2.03 bits per heavy atom. The minimum absolute atomic E-state index is 0.128. The van der Waals surface area contributed by atoms with Crippen LogP contribution >= 0.6 is 0 Å². The third-order valence-corrected chi connectivity index (χ3v) is 6.80. The molecule has 0 saturated carbocycles. The Bertz CT molecular complexity index is 1060. The molecule has 2 saturated heterocycles. The lowest BCUT2D eigenvalue weighted by molar-refractivity contribution is -0.136. The highest BCUT2D eigenvalue weighted by Crippen LogP contribution is 2.28. The average molecular weight is 448 g/mol. The van der Waals surface area contributed by atoms with Crippen molar-refractivity contribution in [3.8, 4) is 0 Å². The average Bonchev–Trinajstić information content (AvgIpc) is 3.14. The molecular formula is C25H29N5O3. The number of carbonyl (C=O) groups is 3. The third-order valence-electron chi connectivity index (χ3n) is 6.80. The van der Waals surface area contributed by atoms with Crippen molar-refractivity contribution in [2.24, 2.45) is 0 Å². The lowest BCUT2D eigenvalue weighted by Gasteiger charge is -2.33. The van der Waals surface area contributed by atoms with Gasteiger partial charge >= 0.3 is 0 Å². The highest BCUT2D eigenvalue weighted by Gasteiger charge is 2.39. The molecule has 1 aromatic carbocycles. The maximum absolute atomic E-state index is 12.9. The predicted molar refractivity (Wildman–Crippen MR) is 122 cm³/mol. The van der Waals surface area contributed by atoms with Crippen LogP contribution in [0.1, 0.15) is 52.9 Å². The maximum atomic E-state index is 12.9. The number of piperidine rings is 2. The number of imide groups is 1. The van der Waals surface area contributed by atoms with Crippen molar-refractivity contribution in [1.82, 2.24) is 25.4 Å². The van der Waals surface area contributed by atoms with Crippen LogP contribution in [0.4, 0.5) is 0 Å². The van der Waals surface area contributed by atoms with Crippen LogP contribution < -0.4 is 10.6 Å². The Morgan fingerprint density at radius 1 is 1.12 bits per heavy atom. The molecule has 2 N–H and O–H groups in total. The summed E-state index contributed by atoms with van der Waals surface area (Å²) in [4.78, 5) is 45.0. The van der Waals surface area contributed by atoms with Gasteiger partial charge in [0.15, 0.2) is 0 Å². The topological polar surface area (TPSA) is 94.6 Å². The largest absolute Gasteiger partial charge is 0.322 e. The second-order valence-corrected chi connectivity index (χ2v) is 9.17. The van der Waals surface area contributed by atoms with Crippen molar-refractivity contribution in [3.05, 3.63) is 65.0 Å². The normalized spacial score (nSPS) is 23.5. The van der Waals surface area contributed by atoms with Crippen LogP contribution in [0.2, 0.25) is 0 Å². The van der Waals surface area contributed by atoms with Gasteiger partial charge in [-0.25, -0.2) is 0 Å². The minimum atomic E-state index is -0.573. The van der Waals surface area contributed by atoms with E-state index >= 15 is 0 Å². The Morgan fingerprint density at radius 3 is 2.85 bits per heavy atom. The van der Waals surface area contributed by atoms with Gasteiger partial charge in [0.1, 0.15) is 6.04 Å². The van der Waals surface area contributed by atoms with E-state index < -0.39 is 6.04 Å². The number of nitrogens with one attached hydrogen (secondary N) is 2. The van der Waals surface area contributed by atoms with E-state index in [9.17, 15) is 14.4 Å². The first-order valence-electron chi connectivity index (χ1n) is 11.7. The fourth-order valence-corrected chi connectivity index (χ4v) is 5.09. The minimum Gasteiger partial charge on any atom is -0.322 e. The molecule has 2 aromatic rings. The standard InChI is InChI=1S/C25H29N5O3/c31-23-9-8-22(24(32)28-23)30-14-18-12-17(6-7-21(18)25(30)33)13-27-20-5-3-11-29(16-20)15-19-4-1-2-10-26-19/h1-2,4,6-7,10,12,20,22,27H,3,5,8-9,11,13-16H2,(H,28,31,32). The number of benzene rings is 1. The van der Waals surface area contributed by atoms with Crippen molar-refractivity contribution >= 4 is 17.7 Å². The summed E-state index contributed by atoms with van der Waals surface area (Å²) in [5.74, 6) is -0.770. The number of rotatable bonds is 6. The summed E-state index contributed by atoms with van der Waals surface area (Å²) in [6, 6.07) is 11.8. The summed E-state index contributed by atoms with van der Waals surface area (Å²) in [7, 11) is 0. The predicted octanol–water partition coefficient (Wildman–Crippen LogP) is 1.60. The molecule has 2 fully saturated rings. The molecule has 172 valence electrons. The van der Waals surface area contributed by atoms with Crippen molar-refractivity contribution < 1.29 is 14.4 Å². The smallest absolute Gasteiger partial charge is 0.255 e. The van der Waals surface area contributed by atoms with Gasteiger partial charge in [-0.2, -0.15) is 0 Å². The zero-order valence-electron chi connectivity index (χ0n) is 18.6. The van der Waals surface area contributed by atoms with Gasteiger partial charge in [0, 0.05) is 50.4 Å². The van der Waals surface area contributed by atoms with Crippen LogP contribution in [-0.4, -0.2) is 57.7 Å². The monoisotopic (exact) mass is 447 g/mol. The molecule has 5 rings (SSSR count). The van der Waals surface area contributed by atoms with E-state index in [4.69, 9.17) is 0 Å². The fourth-order valence-electron chi connectivity index (χ4n) is 5.09. The number of pyridine rings is 1. The summed E-state index contributed by atoms with van der Waals surface area (Å²) in [6.45, 7) is 4.10. The number of nitrogens with zero attached hydrogens (tertiary/aromatic N) is 3. The van der Waals surface area contributed by atoms with E-state index in [0.717, 1.165) is 55.8 Å². The van der Waals surface area contributed by atoms with Crippen molar-refractivity contribution in [1.29, 1.82) is 0 Å². The number of fused-ring (bicyclic) bond motifs is 1. The lowest BCUT2D eigenvalue weighted by Crippen LogP contribution is -2.52. The second-order valence-electron chi connectivity index (χ2n) is 9.17. The van der Waals surface area contributed by atoms with Crippen molar-refractivity contribution in [2.75, 3.05) is 13.1 Å². The van der Waals surface area contributed by atoms with Crippen LogP contribution in [0, 0.1) is 0 Å². The van der Waals surface area contributed by atoms with Gasteiger partial charge < -0.3 is 10.2 Å². The van der Waals surface area contributed by atoms with E-state index in [0.29, 0.717) is 24.6 Å². The molecule has 0 radical (unpaired) electrons. The molecule has 8 heteroatoms. The number of likely N-dealkylation sites (tertiary alicyclic amines) is 1. The van der Waals surface area contributed by atoms with Gasteiger partial charge in [0.2, 0.25) is 11.8 Å². The van der Waals surface area contributed by atoms with E-state index in [-0.39, 0.29) is 24.1 Å². The summed E-state index contributed by atoms with van der Waals surface area (Å²) >= 11 is 0.